The van der Waals surface area contributed by atoms with E-state index in [-0.39, 0.29) is 72.1 Å². The van der Waals surface area contributed by atoms with Crippen LogP contribution in [-0.2, 0) is 47.7 Å². The number of amides is 6. The Morgan fingerprint density at radius 2 is 0.862 bits per heavy atom. The summed E-state index contributed by atoms with van der Waals surface area (Å²) in [5.74, 6) is 1.17. The number of allylic oxidation sites excluding steroid dienone is 1. The van der Waals surface area contributed by atoms with E-state index in [4.69, 9.17) is 42.7 Å². The molecule has 28 nitrogen and oxygen atoms in total. The number of ketones is 2. The number of nitrogens with zero attached hydrogens (tertiary/aromatic N) is 9. The number of ether oxygens (including phenoxy) is 5. The van der Waals surface area contributed by atoms with Crippen molar-refractivity contribution in [1.29, 1.82) is 0 Å². The fourth-order valence-electron chi connectivity index (χ4n) is 9.94. The van der Waals surface area contributed by atoms with Gasteiger partial charge in [-0.1, -0.05) is 10.3 Å². The molecule has 0 spiro atoms. The van der Waals surface area contributed by atoms with Crippen molar-refractivity contribution in [3.05, 3.63) is 48.3 Å². The van der Waals surface area contributed by atoms with Crippen LogP contribution in [0, 0.1) is 23.7 Å². The topological polar surface area (TPSA) is 316 Å². The first-order valence-corrected chi connectivity index (χ1v) is 32.3. The van der Waals surface area contributed by atoms with Crippen LogP contribution in [0.1, 0.15) is 173 Å². The molecule has 2 aromatic rings. The number of carbonyl (C=O) groups excluding carboxylic acids is 8. The lowest BCUT2D eigenvalue weighted by atomic mass is 10.0. The highest BCUT2D eigenvalue weighted by Crippen LogP contribution is 2.29. The number of nitrogens with one attached hydrogen (secondary N) is 1. The summed E-state index contributed by atoms with van der Waals surface area (Å²) in [5.41, 5.74) is -2.45. The molecule has 0 aliphatic carbocycles. The van der Waals surface area contributed by atoms with Crippen molar-refractivity contribution in [2.24, 2.45) is 23.7 Å². The number of carboxylic acid groups (broad SMARTS) is 1. The number of aromatic nitrogens is 2. The fraction of sp³-hybridized carbons (Fsp3) is 0.742. The molecule has 6 unspecified atom stereocenters. The Balaban J connectivity index is 0.000000296. The molecule has 6 amide bonds. The molecule has 28 heteroatoms. The summed E-state index contributed by atoms with van der Waals surface area (Å²) in [5, 5.41) is 20.6. The van der Waals surface area contributed by atoms with Crippen LogP contribution in [0.25, 0.3) is 0 Å². The van der Waals surface area contributed by atoms with Gasteiger partial charge in [-0.3, -0.25) is 24.0 Å². The van der Waals surface area contributed by atoms with E-state index >= 15 is 0 Å². The minimum atomic E-state index is -0.846. The Labute approximate surface area is 555 Å². The number of rotatable bonds is 9. The molecular weight excluding hydrogens is 1220 g/mol. The zero-order valence-electron chi connectivity index (χ0n) is 59.6. The Morgan fingerprint density at radius 3 is 1.19 bits per heavy atom. The maximum Gasteiger partial charge on any atom is 0.410 e. The molecular formula is C66H110N10O18. The molecule has 6 atom stereocenters. The predicted octanol–water partition coefficient (Wildman–Crippen LogP) is 9.46. The molecule has 6 aliphatic rings. The van der Waals surface area contributed by atoms with Crippen molar-refractivity contribution in [2.45, 2.75) is 189 Å². The number of hydrogen-bond acceptors (Lipinski definition) is 21. The van der Waals surface area contributed by atoms with Crippen LogP contribution >= 0.6 is 0 Å². The summed E-state index contributed by atoms with van der Waals surface area (Å²) in [6.07, 6.45) is 9.64. The number of Topliss-reactive ketones (excluding diaryl/α,β-unsaturated/α-hetero) is 1. The van der Waals surface area contributed by atoms with Crippen LogP contribution in [0.5, 0.6) is 0 Å². The van der Waals surface area contributed by atoms with E-state index in [0.29, 0.717) is 84.1 Å². The summed E-state index contributed by atoms with van der Waals surface area (Å²) in [6.45, 7) is 36.3. The van der Waals surface area contributed by atoms with E-state index in [1.807, 2.05) is 114 Å². The summed E-state index contributed by atoms with van der Waals surface area (Å²) in [6, 6.07) is 3.79. The first-order chi connectivity index (χ1) is 43.4. The molecule has 0 bridgehead atoms. The lowest BCUT2D eigenvalue weighted by Crippen LogP contribution is -2.37. The van der Waals surface area contributed by atoms with Gasteiger partial charge in [-0.05, 0) is 162 Å². The van der Waals surface area contributed by atoms with Crippen molar-refractivity contribution in [3.63, 3.8) is 0 Å². The van der Waals surface area contributed by atoms with Gasteiger partial charge >= 0.3 is 36.4 Å². The smallest absolute Gasteiger partial charge is 0.410 e. The van der Waals surface area contributed by atoms with E-state index in [9.17, 15) is 43.2 Å². The first-order valence-electron chi connectivity index (χ1n) is 32.3. The van der Waals surface area contributed by atoms with Crippen LogP contribution in [-0.4, -0.2) is 239 Å². The van der Waals surface area contributed by atoms with Gasteiger partial charge in [0.05, 0.1) is 31.3 Å². The van der Waals surface area contributed by atoms with E-state index in [0.717, 1.165) is 37.5 Å². The lowest BCUT2D eigenvalue weighted by molar-refractivity contribution is -0.172. The van der Waals surface area contributed by atoms with Crippen LogP contribution in [0.3, 0.4) is 0 Å². The maximum absolute atomic E-state index is 11.9. The van der Waals surface area contributed by atoms with Crippen LogP contribution in [0.2, 0.25) is 0 Å². The van der Waals surface area contributed by atoms with Crippen molar-refractivity contribution >= 4 is 53.9 Å². The average Bonchev–Trinajstić information content (AvgIpc) is 1.75. The molecule has 6 saturated heterocycles. The van der Waals surface area contributed by atoms with Gasteiger partial charge in [0.2, 0.25) is 0 Å². The normalized spacial score (nSPS) is 21.1. The fourth-order valence-corrected chi connectivity index (χ4v) is 9.94. The number of hydrogen-bond donors (Lipinski definition) is 2. The van der Waals surface area contributed by atoms with Crippen molar-refractivity contribution < 1.29 is 85.8 Å². The molecule has 2 aromatic heterocycles. The van der Waals surface area contributed by atoms with Crippen LogP contribution in [0.4, 0.5) is 24.0 Å². The van der Waals surface area contributed by atoms with E-state index in [1.165, 1.54) is 23.5 Å². The standard InChI is InChI=1S/C14H24N2O3.C12H22N2O4.C12H18N2O3.C11H19NO3.C10H17NO4.C7H10N2O/c1-14(2,3)19-13(18)16-9-6-11(10-16)12(17)7-8-15(4)5;1-12(2,3)18-11(16)14-7-6-9(8-14)10(15)13(4)17-5;1-12(2,3)16-11(15)14-7-5-9(8-14)10-4-6-13-17-10;1-8(13)9-5-6-12(7-9)10(14)15-11(2,3)4;1-10(2,3)15-9(14)11-5-4-7(6-11)8(12)13;1-3-8-5-6(1)7-2-4-9-10-7/h7-8,11H,6,9-10H2,1-5H3;9H,6-8H2,1-5H3;4,6,9H,5,7-8H2,1-3H3;9H,5-7H2,1-4H3;7H,4-6H2,1-3H3,(H,12,13);2,4,6,8H,1,3,5H2/b8-7+;;;;;. The summed E-state index contributed by atoms with van der Waals surface area (Å²) in [7, 11) is 6.74. The first kappa shape index (κ1) is 80.7. The molecule has 6 aliphatic heterocycles. The van der Waals surface area contributed by atoms with Crippen molar-refractivity contribution in [2.75, 3.05) is 107 Å². The molecule has 8 heterocycles. The largest absolute Gasteiger partial charge is 0.481 e. The highest BCUT2D eigenvalue weighted by molar-refractivity contribution is 5.92. The van der Waals surface area contributed by atoms with Crippen LogP contribution < -0.4 is 5.32 Å². The van der Waals surface area contributed by atoms with Gasteiger partial charge < -0.3 is 72.6 Å². The zero-order chi connectivity index (χ0) is 71.1. The Hall–Kier alpha value is -7.49. The SMILES string of the molecule is CC(=O)C1CCN(C(=O)OC(C)(C)C)C1.CC(C)(C)OC(=O)N1CCC(C(=O)O)C1.CC(C)(C)OC(=O)N1CCC(c2ccno2)C1.CN(C)/C=C/C(=O)C1CCN(C(=O)OC(C)(C)C)C1.CON(C)C(=O)C1CCN(C(=O)OC(C)(C)C)C1.c1cc(C2CCNC2)on1. The van der Waals surface area contributed by atoms with E-state index in [1.54, 1.807) is 79.0 Å². The second-order valence-corrected chi connectivity index (χ2v) is 29.2. The van der Waals surface area contributed by atoms with E-state index < -0.39 is 46.0 Å². The van der Waals surface area contributed by atoms with Gasteiger partial charge in [-0.25, -0.2) is 29.0 Å². The maximum atomic E-state index is 11.9. The quantitative estimate of drug-likeness (QED) is 0.134. The summed E-state index contributed by atoms with van der Waals surface area (Å²) < 4.78 is 36.4. The molecule has 0 aromatic carbocycles. The molecule has 532 valence electrons. The van der Waals surface area contributed by atoms with Gasteiger partial charge in [0.1, 0.15) is 45.3 Å². The third kappa shape index (κ3) is 30.7. The monoisotopic (exact) mass is 1330 g/mol. The summed E-state index contributed by atoms with van der Waals surface area (Å²) in [4.78, 5) is 119. The third-order valence-corrected chi connectivity index (χ3v) is 14.8. The lowest BCUT2D eigenvalue weighted by Gasteiger charge is -2.24. The molecule has 6 fully saturated rings. The van der Waals surface area contributed by atoms with Gasteiger partial charge in [-0.2, -0.15) is 0 Å². The minimum Gasteiger partial charge on any atom is -0.481 e. The van der Waals surface area contributed by atoms with Crippen molar-refractivity contribution in [3.8, 4) is 0 Å². The Kier molecular flexibility index (Phi) is 31.3. The zero-order valence-corrected chi connectivity index (χ0v) is 59.6. The highest BCUT2D eigenvalue weighted by Gasteiger charge is 2.38. The number of carbonyl (C=O) groups is 9. The van der Waals surface area contributed by atoms with Crippen molar-refractivity contribution in [1.82, 2.24) is 50.1 Å². The third-order valence-electron chi connectivity index (χ3n) is 14.8. The summed E-state index contributed by atoms with van der Waals surface area (Å²) >= 11 is 0. The number of aliphatic carboxylic acids is 1. The molecule has 2 N–H and O–H groups in total. The molecule has 0 radical (unpaired) electrons. The average molecular weight is 1330 g/mol. The second-order valence-electron chi connectivity index (χ2n) is 29.2. The molecule has 8 rings (SSSR count). The number of hydroxylamine groups is 2. The molecule has 0 saturated carbocycles. The van der Waals surface area contributed by atoms with Gasteiger partial charge in [0, 0.05) is 135 Å². The Morgan fingerprint density at radius 1 is 0.511 bits per heavy atom. The highest BCUT2D eigenvalue weighted by atomic mass is 16.7. The number of likely N-dealkylation sites (tertiary alicyclic amines) is 5. The Bertz CT molecular complexity index is 2700. The van der Waals surface area contributed by atoms with Gasteiger partial charge in [0.25, 0.3) is 5.91 Å². The van der Waals surface area contributed by atoms with Gasteiger partial charge in [-0.15, -0.1) is 0 Å². The van der Waals surface area contributed by atoms with Crippen LogP contribution in [0.15, 0.2) is 45.8 Å². The van der Waals surface area contributed by atoms with Gasteiger partial charge in [0.15, 0.2) is 5.78 Å². The second kappa shape index (κ2) is 36.4. The van der Waals surface area contributed by atoms with E-state index in [2.05, 4.69) is 15.6 Å². The minimum absolute atomic E-state index is 0.00230. The molecule has 94 heavy (non-hydrogen) atoms. The predicted molar refractivity (Wildman–Crippen MR) is 348 cm³/mol. The number of carboxylic acids is 1.